The van der Waals surface area contributed by atoms with Gasteiger partial charge in [-0.1, -0.05) is 6.08 Å². The van der Waals surface area contributed by atoms with Crippen LogP contribution in [0.2, 0.25) is 0 Å². The first-order valence-corrected chi connectivity index (χ1v) is 15.0. The molecule has 4 aliphatic heterocycles. The predicted octanol–water partition coefficient (Wildman–Crippen LogP) is 4.29. The minimum atomic E-state index is 0.0449. The molecule has 7 nitrogen and oxygen atoms in total. The lowest BCUT2D eigenvalue weighted by molar-refractivity contribution is -0.128. The number of likely N-dealkylation sites (tertiary alicyclic amines) is 1. The van der Waals surface area contributed by atoms with Gasteiger partial charge in [-0.3, -0.25) is 9.59 Å². The molecule has 0 aromatic heterocycles. The van der Waals surface area contributed by atoms with Gasteiger partial charge in [0.05, 0.1) is 25.0 Å². The molecule has 1 N–H and O–H groups in total. The molecule has 2 fully saturated rings. The van der Waals surface area contributed by atoms with Crippen LogP contribution in [-0.4, -0.2) is 65.8 Å². The Morgan fingerprint density at radius 1 is 1.13 bits per heavy atom. The maximum Gasteiger partial charge on any atom is 0.267 e. The highest BCUT2D eigenvalue weighted by atomic mass is 32.2. The number of nitrogens with zero attached hydrogens (tertiary/aromatic N) is 2. The van der Waals surface area contributed by atoms with Crippen molar-refractivity contribution in [1.29, 1.82) is 0 Å². The molecule has 1 aliphatic carbocycles. The van der Waals surface area contributed by atoms with Crippen molar-refractivity contribution in [1.82, 2.24) is 15.1 Å². The number of methoxy groups -OCH3 is 1. The van der Waals surface area contributed by atoms with E-state index in [1.54, 1.807) is 14.0 Å². The molecule has 4 heterocycles. The first kappa shape index (κ1) is 25.7. The fourth-order valence-corrected chi connectivity index (χ4v) is 8.37. The minimum absolute atomic E-state index is 0.0449. The lowest BCUT2D eigenvalue weighted by Gasteiger charge is -2.39. The van der Waals surface area contributed by atoms with Crippen molar-refractivity contribution in [2.75, 3.05) is 26.7 Å². The largest absolute Gasteiger partial charge is 0.493 e. The van der Waals surface area contributed by atoms with E-state index in [2.05, 4.69) is 39.9 Å². The van der Waals surface area contributed by atoms with E-state index < -0.39 is 0 Å². The number of allylic oxidation sites excluding steroid dienone is 1. The number of carbonyl (C=O) groups is 2. The van der Waals surface area contributed by atoms with Gasteiger partial charge < -0.3 is 24.6 Å². The van der Waals surface area contributed by atoms with Crippen molar-refractivity contribution >= 4 is 23.6 Å². The molecule has 8 heteroatoms. The summed E-state index contributed by atoms with van der Waals surface area (Å²) in [6.45, 7) is 8.20. The number of benzene rings is 1. The topological polar surface area (TPSA) is 71.1 Å². The molecule has 4 unspecified atom stereocenters. The molecule has 1 aromatic carbocycles. The molecule has 38 heavy (non-hydrogen) atoms. The third kappa shape index (κ3) is 4.59. The van der Waals surface area contributed by atoms with Crippen LogP contribution in [0, 0.1) is 17.8 Å². The SMILES string of the molecule is COc1cc2c(cc1OC(C)C)C1C(C3CC=CS3)C=C(C(=O)NC3C[C@@H]4CN(C(C)=O)C[C@@H]4C3)N1CC2. The van der Waals surface area contributed by atoms with E-state index in [0.717, 1.165) is 62.5 Å². The standard InChI is InChI=1S/C30H39N3O4S/c1-17(2)37-27-14-23-19(12-26(27)36-4)7-8-33-25(13-24(29(23)33)28-6-5-9-38-28)30(35)31-22-10-20-15-32(18(3)34)16-21(20)11-22/h5,9,12-14,17,20-22,24,28-29H,6-8,10-11,15-16H2,1-4H3,(H,31,35)/t20-,21+,22?,24?,28?,29?. The van der Waals surface area contributed by atoms with Crippen molar-refractivity contribution in [3.05, 3.63) is 46.5 Å². The summed E-state index contributed by atoms with van der Waals surface area (Å²) in [4.78, 5) is 29.9. The van der Waals surface area contributed by atoms with E-state index >= 15 is 0 Å². The smallest absolute Gasteiger partial charge is 0.267 e. The summed E-state index contributed by atoms with van der Waals surface area (Å²) in [5, 5.41) is 6.02. The Kier molecular flexibility index (Phi) is 6.87. The molecule has 6 rings (SSSR count). The first-order chi connectivity index (χ1) is 18.3. The second kappa shape index (κ2) is 10.2. The van der Waals surface area contributed by atoms with Gasteiger partial charge in [0.2, 0.25) is 5.91 Å². The molecule has 6 atom stereocenters. The number of ether oxygens (including phenoxy) is 2. The van der Waals surface area contributed by atoms with Gasteiger partial charge in [-0.25, -0.2) is 0 Å². The minimum Gasteiger partial charge on any atom is -0.493 e. The summed E-state index contributed by atoms with van der Waals surface area (Å²) in [6.07, 6.45) is 8.35. The molecule has 0 spiro atoms. The van der Waals surface area contributed by atoms with Crippen LogP contribution in [0.4, 0.5) is 0 Å². The summed E-state index contributed by atoms with van der Waals surface area (Å²) < 4.78 is 11.8. The van der Waals surface area contributed by atoms with Crippen LogP contribution < -0.4 is 14.8 Å². The molecular weight excluding hydrogens is 498 g/mol. The quantitative estimate of drug-likeness (QED) is 0.584. The number of hydrogen-bond acceptors (Lipinski definition) is 6. The van der Waals surface area contributed by atoms with Crippen molar-refractivity contribution < 1.29 is 19.1 Å². The van der Waals surface area contributed by atoms with Gasteiger partial charge in [0.1, 0.15) is 0 Å². The number of amides is 2. The number of hydrogen-bond donors (Lipinski definition) is 1. The number of fused-ring (bicyclic) bond motifs is 4. The van der Waals surface area contributed by atoms with Gasteiger partial charge in [-0.15, -0.1) is 11.8 Å². The summed E-state index contributed by atoms with van der Waals surface area (Å²) in [7, 11) is 1.70. The first-order valence-electron chi connectivity index (χ1n) is 14.0. The van der Waals surface area contributed by atoms with Gasteiger partial charge >= 0.3 is 0 Å². The van der Waals surface area contributed by atoms with E-state index in [4.69, 9.17) is 9.47 Å². The highest BCUT2D eigenvalue weighted by Gasteiger charge is 2.47. The Hall–Kier alpha value is -2.61. The van der Waals surface area contributed by atoms with Gasteiger partial charge in [0, 0.05) is 43.8 Å². The zero-order chi connectivity index (χ0) is 26.6. The van der Waals surface area contributed by atoms with E-state index in [1.165, 1.54) is 11.1 Å². The van der Waals surface area contributed by atoms with E-state index in [1.807, 2.05) is 30.5 Å². The van der Waals surface area contributed by atoms with Crippen LogP contribution in [0.15, 0.2) is 35.4 Å². The van der Waals surface area contributed by atoms with Crippen molar-refractivity contribution in [2.24, 2.45) is 17.8 Å². The van der Waals surface area contributed by atoms with Gasteiger partial charge in [-0.05, 0) is 86.1 Å². The molecule has 204 valence electrons. The van der Waals surface area contributed by atoms with Crippen LogP contribution in [0.1, 0.15) is 57.2 Å². The lowest BCUT2D eigenvalue weighted by Crippen LogP contribution is -2.42. The summed E-state index contributed by atoms with van der Waals surface area (Å²) in [6, 6.07) is 4.60. The van der Waals surface area contributed by atoms with E-state index in [-0.39, 0.29) is 35.9 Å². The zero-order valence-electron chi connectivity index (χ0n) is 22.8. The Labute approximate surface area is 230 Å². The van der Waals surface area contributed by atoms with Crippen molar-refractivity contribution in [3.63, 3.8) is 0 Å². The second-order valence-corrected chi connectivity index (χ2v) is 12.9. The average molecular weight is 538 g/mol. The van der Waals surface area contributed by atoms with E-state index in [9.17, 15) is 9.59 Å². The molecule has 0 bridgehead atoms. The third-order valence-electron chi connectivity index (χ3n) is 9.00. The zero-order valence-corrected chi connectivity index (χ0v) is 23.6. The maximum absolute atomic E-state index is 13.8. The fraction of sp³-hybridized carbons (Fsp3) is 0.600. The second-order valence-electron chi connectivity index (χ2n) is 11.8. The Bertz CT molecular complexity index is 1160. The lowest BCUT2D eigenvalue weighted by atomic mass is 9.84. The molecule has 2 amide bonds. The predicted molar refractivity (Wildman–Crippen MR) is 149 cm³/mol. The Balaban J connectivity index is 1.24. The number of carbonyl (C=O) groups excluding carboxylic acids is 2. The van der Waals surface area contributed by atoms with Crippen LogP contribution in [-0.2, 0) is 16.0 Å². The molecule has 5 aliphatic rings. The molecule has 1 saturated carbocycles. The molecule has 1 saturated heterocycles. The van der Waals surface area contributed by atoms with Crippen LogP contribution in [0.3, 0.4) is 0 Å². The Morgan fingerprint density at radius 3 is 2.53 bits per heavy atom. The number of rotatable bonds is 6. The Morgan fingerprint density at radius 2 is 1.89 bits per heavy atom. The highest BCUT2D eigenvalue weighted by Crippen LogP contribution is 2.51. The van der Waals surface area contributed by atoms with E-state index in [0.29, 0.717) is 17.1 Å². The van der Waals surface area contributed by atoms with Crippen molar-refractivity contribution in [2.45, 2.75) is 69.9 Å². The number of nitrogens with one attached hydrogen (secondary N) is 1. The van der Waals surface area contributed by atoms with Crippen molar-refractivity contribution in [3.8, 4) is 11.5 Å². The summed E-state index contributed by atoms with van der Waals surface area (Å²) >= 11 is 1.88. The van der Waals surface area contributed by atoms with Gasteiger partial charge in [-0.2, -0.15) is 0 Å². The average Bonchev–Trinajstić information content (AvgIpc) is 3.65. The van der Waals surface area contributed by atoms with Crippen LogP contribution in [0.5, 0.6) is 11.5 Å². The maximum atomic E-state index is 13.8. The number of thioether (sulfide) groups is 1. The fourth-order valence-electron chi connectivity index (χ4n) is 7.32. The molecule has 0 radical (unpaired) electrons. The monoisotopic (exact) mass is 537 g/mol. The summed E-state index contributed by atoms with van der Waals surface area (Å²) in [5.41, 5.74) is 3.36. The van der Waals surface area contributed by atoms with Gasteiger partial charge in [0.25, 0.3) is 5.91 Å². The molecular formula is C30H39N3O4S. The van der Waals surface area contributed by atoms with Crippen LogP contribution >= 0.6 is 11.8 Å². The molecule has 1 aromatic rings. The third-order valence-corrected chi connectivity index (χ3v) is 10.2. The van der Waals surface area contributed by atoms with Crippen LogP contribution in [0.25, 0.3) is 0 Å². The highest BCUT2D eigenvalue weighted by molar-refractivity contribution is 8.03. The van der Waals surface area contributed by atoms with Gasteiger partial charge in [0.15, 0.2) is 11.5 Å². The summed E-state index contributed by atoms with van der Waals surface area (Å²) in [5.74, 6) is 3.00. The normalized spacial score (nSPS) is 31.2.